The molecule has 5 nitrogen and oxygen atoms in total. The van der Waals surface area contributed by atoms with Crippen LogP contribution < -0.4 is 24.6 Å². The first-order valence-electron chi connectivity index (χ1n) is 11.9. The van der Waals surface area contributed by atoms with Crippen LogP contribution in [0.2, 0.25) is 0 Å². The van der Waals surface area contributed by atoms with Crippen LogP contribution in [-0.2, 0) is 9.59 Å². The quantitative estimate of drug-likeness (QED) is 0.203. The van der Waals surface area contributed by atoms with E-state index < -0.39 is 48.9 Å². The SMILES string of the molecule is O=C1Oc2cc3c(cc2=C1c1ccccc1)OC(=O)C=3c1ccc(OCCC(F)(F)C(F)(F)C(F)(F)C(F)(F)F)cc1. The molecule has 0 N–H and O–H groups in total. The number of alkyl halides is 9. The van der Waals surface area contributed by atoms with Crippen LogP contribution in [0.25, 0.3) is 11.1 Å². The monoisotopic (exact) mass is 602 g/mol. The molecule has 42 heavy (non-hydrogen) atoms. The summed E-state index contributed by atoms with van der Waals surface area (Å²) < 4.78 is 133. The van der Waals surface area contributed by atoms with Gasteiger partial charge in [-0.3, -0.25) is 0 Å². The van der Waals surface area contributed by atoms with Gasteiger partial charge in [0.15, 0.2) is 0 Å². The van der Waals surface area contributed by atoms with Crippen LogP contribution in [-0.4, -0.2) is 42.5 Å². The van der Waals surface area contributed by atoms with Gasteiger partial charge in [-0.1, -0.05) is 42.5 Å². The Balaban J connectivity index is 1.37. The van der Waals surface area contributed by atoms with Crippen molar-refractivity contribution in [2.75, 3.05) is 6.61 Å². The lowest BCUT2D eigenvalue weighted by molar-refractivity contribution is -0.397. The highest BCUT2D eigenvalue weighted by molar-refractivity contribution is 6.21. The van der Waals surface area contributed by atoms with Crippen LogP contribution >= 0.6 is 0 Å². The standard InChI is InChI=1S/C28H15F9O5/c29-25(30,26(31,32)27(33,34)28(35,36)37)10-11-40-16-8-6-15(7-9-16)22-18-13-19-17(12-20(18)42-24(22)39)21(23(38)41-19)14-4-2-1-3-5-14/h1-9,12-13H,10-11H2. The molecule has 2 aliphatic rings. The number of esters is 2. The summed E-state index contributed by atoms with van der Waals surface area (Å²) in [5.74, 6) is -20.8. The average Bonchev–Trinajstić information content (AvgIpc) is 3.41. The molecule has 3 aromatic carbocycles. The van der Waals surface area contributed by atoms with E-state index in [0.717, 1.165) is 12.1 Å². The summed E-state index contributed by atoms with van der Waals surface area (Å²) in [4.78, 5) is 25.2. The van der Waals surface area contributed by atoms with E-state index in [9.17, 15) is 49.1 Å². The van der Waals surface area contributed by atoms with Gasteiger partial charge in [-0.2, -0.15) is 39.5 Å². The zero-order chi connectivity index (χ0) is 30.7. The van der Waals surface area contributed by atoms with E-state index in [1.165, 1.54) is 24.3 Å². The number of carbonyl (C=O) groups is 2. The number of ether oxygens (including phenoxy) is 3. The summed E-state index contributed by atoms with van der Waals surface area (Å²) in [5.41, 5.74) is 1.11. The van der Waals surface area contributed by atoms with Crippen molar-refractivity contribution < 1.29 is 63.3 Å². The predicted molar refractivity (Wildman–Crippen MR) is 126 cm³/mol. The molecule has 0 radical (unpaired) electrons. The fourth-order valence-electron chi connectivity index (χ4n) is 4.37. The van der Waals surface area contributed by atoms with E-state index >= 15 is 0 Å². The van der Waals surface area contributed by atoms with Gasteiger partial charge in [0.25, 0.3) is 0 Å². The van der Waals surface area contributed by atoms with E-state index in [0.29, 0.717) is 10.8 Å². The molecule has 2 heterocycles. The Morgan fingerprint density at radius 1 is 0.619 bits per heavy atom. The number of rotatable bonds is 8. The third-order valence-corrected chi connectivity index (χ3v) is 6.53. The van der Waals surface area contributed by atoms with Crippen molar-refractivity contribution in [3.63, 3.8) is 0 Å². The molecular formula is C28H15F9O5. The Hall–Kier alpha value is -4.49. The van der Waals surface area contributed by atoms with Gasteiger partial charge in [-0.25, -0.2) is 9.59 Å². The molecule has 0 aromatic heterocycles. The van der Waals surface area contributed by atoms with Crippen molar-refractivity contribution in [3.8, 4) is 17.2 Å². The maximum Gasteiger partial charge on any atom is 0.460 e. The van der Waals surface area contributed by atoms with E-state index in [1.54, 1.807) is 30.3 Å². The second kappa shape index (κ2) is 9.81. The minimum atomic E-state index is -6.98. The molecule has 3 aromatic rings. The summed E-state index contributed by atoms with van der Waals surface area (Å²) in [6, 6.07) is 16.3. The first kappa shape index (κ1) is 29.0. The van der Waals surface area contributed by atoms with Gasteiger partial charge in [0, 0.05) is 10.4 Å². The largest absolute Gasteiger partial charge is 0.493 e. The van der Waals surface area contributed by atoms with E-state index in [-0.39, 0.29) is 39.2 Å². The molecule has 220 valence electrons. The lowest BCUT2D eigenvalue weighted by atomic mass is 10.0. The van der Waals surface area contributed by atoms with Crippen LogP contribution in [0.3, 0.4) is 0 Å². The molecule has 5 rings (SSSR count). The number of fused-ring (bicyclic) bond motifs is 2. The maximum atomic E-state index is 13.7. The summed E-state index contributed by atoms with van der Waals surface area (Å²) in [5, 5.41) is 0.667. The van der Waals surface area contributed by atoms with E-state index in [4.69, 9.17) is 14.2 Å². The fraction of sp³-hybridized carbons (Fsp3) is 0.214. The normalized spacial score (nSPS) is 15.4. The highest BCUT2D eigenvalue weighted by Crippen LogP contribution is 2.54. The Morgan fingerprint density at radius 3 is 1.57 bits per heavy atom. The lowest BCUT2D eigenvalue weighted by Gasteiger charge is -2.33. The highest BCUT2D eigenvalue weighted by Gasteiger charge is 2.81. The predicted octanol–water partition coefficient (Wildman–Crippen LogP) is 5.16. The van der Waals surface area contributed by atoms with Crippen molar-refractivity contribution in [2.45, 2.75) is 30.4 Å². The zero-order valence-electron chi connectivity index (χ0n) is 20.7. The molecule has 0 saturated carbocycles. The van der Waals surface area contributed by atoms with Crippen LogP contribution in [0.5, 0.6) is 17.2 Å². The number of halogens is 9. The van der Waals surface area contributed by atoms with Crippen LogP contribution in [0.15, 0.2) is 66.7 Å². The van der Waals surface area contributed by atoms with Crippen LogP contribution in [0, 0.1) is 0 Å². The smallest absolute Gasteiger partial charge is 0.460 e. The van der Waals surface area contributed by atoms with Crippen LogP contribution in [0.1, 0.15) is 17.5 Å². The number of carbonyl (C=O) groups excluding carboxylic acids is 2. The molecular weight excluding hydrogens is 587 g/mol. The molecule has 0 fully saturated rings. The topological polar surface area (TPSA) is 61.8 Å². The number of benzene rings is 3. The van der Waals surface area contributed by atoms with Gasteiger partial charge in [-0.05, 0) is 35.4 Å². The lowest BCUT2D eigenvalue weighted by Crippen LogP contribution is -2.61. The maximum absolute atomic E-state index is 13.7. The van der Waals surface area contributed by atoms with Crippen molar-refractivity contribution in [1.82, 2.24) is 0 Å². The first-order chi connectivity index (χ1) is 19.5. The van der Waals surface area contributed by atoms with Crippen molar-refractivity contribution in [2.24, 2.45) is 0 Å². The van der Waals surface area contributed by atoms with E-state index in [2.05, 4.69) is 0 Å². The molecule has 0 amide bonds. The van der Waals surface area contributed by atoms with Crippen molar-refractivity contribution >= 4 is 23.1 Å². The Labute approximate surface area is 229 Å². The zero-order valence-corrected chi connectivity index (χ0v) is 20.7. The Morgan fingerprint density at radius 2 is 1.10 bits per heavy atom. The molecule has 2 aliphatic heterocycles. The third-order valence-electron chi connectivity index (χ3n) is 6.53. The molecule has 0 saturated heterocycles. The average molecular weight is 602 g/mol. The Bertz CT molecular complexity index is 1700. The van der Waals surface area contributed by atoms with Gasteiger partial charge in [0.05, 0.1) is 24.2 Å². The number of hydrogen-bond donors (Lipinski definition) is 0. The molecule has 0 spiro atoms. The van der Waals surface area contributed by atoms with Crippen molar-refractivity contribution in [3.05, 3.63) is 88.3 Å². The van der Waals surface area contributed by atoms with Gasteiger partial charge in [0.2, 0.25) is 0 Å². The van der Waals surface area contributed by atoms with Gasteiger partial charge in [-0.15, -0.1) is 0 Å². The third kappa shape index (κ3) is 4.64. The van der Waals surface area contributed by atoms with Gasteiger partial charge in [0.1, 0.15) is 17.2 Å². The molecule has 0 unspecified atom stereocenters. The first-order valence-corrected chi connectivity index (χ1v) is 11.9. The second-order valence-corrected chi connectivity index (χ2v) is 9.21. The second-order valence-electron chi connectivity index (χ2n) is 9.21. The minimum absolute atomic E-state index is 0.0316. The highest BCUT2D eigenvalue weighted by atomic mass is 19.4. The summed E-state index contributed by atoms with van der Waals surface area (Å²) in [6.07, 6.45) is -9.06. The number of hydrogen-bond acceptors (Lipinski definition) is 5. The summed E-state index contributed by atoms with van der Waals surface area (Å²) in [7, 11) is 0. The van der Waals surface area contributed by atoms with Gasteiger partial charge < -0.3 is 14.2 Å². The van der Waals surface area contributed by atoms with Gasteiger partial charge >= 0.3 is 35.9 Å². The Kier molecular flexibility index (Phi) is 6.78. The van der Waals surface area contributed by atoms with Crippen LogP contribution in [0.4, 0.5) is 39.5 Å². The van der Waals surface area contributed by atoms with E-state index in [1.807, 2.05) is 0 Å². The molecule has 0 atom stereocenters. The van der Waals surface area contributed by atoms with Crippen molar-refractivity contribution in [1.29, 1.82) is 0 Å². The molecule has 0 bridgehead atoms. The summed E-state index contributed by atoms with van der Waals surface area (Å²) in [6.45, 7) is -1.34. The minimum Gasteiger partial charge on any atom is -0.493 e. The molecule has 0 aliphatic carbocycles. The molecule has 14 heteroatoms. The summed E-state index contributed by atoms with van der Waals surface area (Å²) >= 11 is 0. The fourth-order valence-corrected chi connectivity index (χ4v) is 4.37.